The van der Waals surface area contributed by atoms with Crippen LogP contribution in [0.4, 0.5) is 8.78 Å². The van der Waals surface area contributed by atoms with E-state index in [0.29, 0.717) is 19.0 Å². The van der Waals surface area contributed by atoms with Gasteiger partial charge in [-0.2, -0.15) is 0 Å². The fourth-order valence-corrected chi connectivity index (χ4v) is 3.26. The Morgan fingerprint density at radius 1 is 1.32 bits per heavy atom. The molecular formula is C11H15ClF2N2O2S. The minimum Gasteiger partial charge on any atom is -0.315 e. The second-order valence-corrected chi connectivity index (χ2v) is 5.92. The first-order valence-corrected chi connectivity index (χ1v) is 7.15. The van der Waals surface area contributed by atoms with E-state index in [9.17, 15) is 17.2 Å². The van der Waals surface area contributed by atoms with Gasteiger partial charge in [0.05, 0.1) is 0 Å². The maximum Gasteiger partial charge on any atom is 0.243 e. The quantitative estimate of drug-likeness (QED) is 0.887. The molecule has 0 amide bonds. The van der Waals surface area contributed by atoms with E-state index < -0.39 is 26.6 Å². The predicted molar refractivity (Wildman–Crippen MR) is 69.8 cm³/mol. The van der Waals surface area contributed by atoms with Gasteiger partial charge in [-0.1, -0.05) is 0 Å². The molecule has 108 valence electrons. The van der Waals surface area contributed by atoms with Gasteiger partial charge in [0.2, 0.25) is 10.0 Å². The lowest BCUT2D eigenvalue weighted by Crippen LogP contribution is -2.45. The lowest BCUT2D eigenvalue weighted by atomic mass is 10.1. The number of rotatable bonds is 3. The predicted octanol–water partition coefficient (Wildman–Crippen LogP) is 1.42. The van der Waals surface area contributed by atoms with Crippen molar-refractivity contribution in [2.45, 2.75) is 23.8 Å². The SMILES string of the molecule is Cl.O=S(=O)(NC1CCCNC1)c1ccc(F)cc1F. The fraction of sp³-hybridized carbons (Fsp3) is 0.455. The third-order valence-corrected chi connectivity index (χ3v) is 4.36. The van der Waals surface area contributed by atoms with E-state index >= 15 is 0 Å². The highest BCUT2D eigenvalue weighted by molar-refractivity contribution is 7.89. The summed E-state index contributed by atoms with van der Waals surface area (Å²) in [6.45, 7) is 1.37. The molecule has 19 heavy (non-hydrogen) atoms. The molecule has 0 radical (unpaired) electrons. The molecule has 1 aliphatic heterocycles. The molecular weight excluding hydrogens is 298 g/mol. The Kier molecular flexibility index (Phi) is 5.66. The van der Waals surface area contributed by atoms with E-state index in [-0.39, 0.29) is 18.4 Å². The van der Waals surface area contributed by atoms with Crippen LogP contribution in [0.15, 0.2) is 23.1 Å². The van der Waals surface area contributed by atoms with E-state index in [1.165, 1.54) is 0 Å². The number of hydrogen-bond donors (Lipinski definition) is 2. The highest BCUT2D eigenvalue weighted by atomic mass is 35.5. The molecule has 1 unspecified atom stereocenters. The van der Waals surface area contributed by atoms with Crippen molar-refractivity contribution in [2.75, 3.05) is 13.1 Å². The van der Waals surface area contributed by atoms with Gasteiger partial charge < -0.3 is 5.32 Å². The van der Waals surface area contributed by atoms with Gasteiger partial charge in [-0.3, -0.25) is 0 Å². The van der Waals surface area contributed by atoms with Crippen LogP contribution in [0.25, 0.3) is 0 Å². The van der Waals surface area contributed by atoms with Gasteiger partial charge >= 0.3 is 0 Å². The number of piperidine rings is 1. The van der Waals surface area contributed by atoms with E-state index in [1.807, 2.05) is 0 Å². The number of sulfonamides is 1. The second kappa shape index (κ2) is 6.60. The highest BCUT2D eigenvalue weighted by Crippen LogP contribution is 2.16. The monoisotopic (exact) mass is 312 g/mol. The summed E-state index contributed by atoms with van der Waals surface area (Å²) in [6, 6.07) is 2.17. The van der Waals surface area contributed by atoms with E-state index in [2.05, 4.69) is 10.0 Å². The summed E-state index contributed by atoms with van der Waals surface area (Å²) < 4.78 is 52.4. The van der Waals surface area contributed by atoms with Gasteiger partial charge in [-0.25, -0.2) is 21.9 Å². The molecule has 1 aliphatic rings. The Balaban J connectivity index is 0.00000180. The lowest BCUT2D eigenvalue weighted by molar-refractivity contribution is 0.427. The topological polar surface area (TPSA) is 58.2 Å². The van der Waals surface area contributed by atoms with Gasteiger partial charge in [-0.15, -0.1) is 12.4 Å². The third-order valence-electron chi connectivity index (χ3n) is 2.80. The van der Waals surface area contributed by atoms with Gasteiger partial charge in [0.25, 0.3) is 0 Å². The standard InChI is InChI=1S/C11H14F2N2O2S.ClH/c12-8-3-4-11(10(13)6-8)18(16,17)15-9-2-1-5-14-7-9;/h3-4,6,9,14-15H,1-2,5,7H2;1H. The maximum absolute atomic E-state index is 13.4. The van der Waals surface area contributed by atoms with Crippen molar-refractivity contribution in [1.82, 2.24) is 10.0 Å². The fourth-order valence-electron chi connectivity index (χ4n) is 1.93. The van der Waals surface area contributed by atoms with Crippen LogP contribution in [-0.2, 0) is 10.0 Å². The normalized spacial score (nSPS) is 19.8. The minimum atomic E-state index is -3.94. The van der Waals surface area contributed by atoms with E-state index in [0.717, 1.165) is 25.1 Å². The Labute approximate surface area is 117 Å². The molecule has 1 saturated heterocycles. The molecule has 0 saturated carbocycles. The average molecular weight is 313 g/mol. The third kappa shape index (κ3) is 4.10. The molecule has 4 nitrogen and oxygen atoms in total. The summed E-state index contributed by atoms with van der Waals surface area (Å²) >= 11 is 0. The zero-order valence-electron chi connectivity index (χ0n) is 10.0. The van der Waals surface area contributed by atoms with Crippen molar-refractivity contribution in [3.05, 3.63) is 29.8 Å². The molecule has 2 rings (SSSR count). The van der Waals surface area contributed by atoms with Gasteiger partial charge in [0, 0.05) is 18.7 Å². The molecule has 2 N–H and O–H groups in total. The van der Waals surface area contributed by atoms with Gasteiger partial charge in [-0.05, 0) is 31.5 Å². The van der Waals surface area contributed by atoms with Crippen molar-refractivity contribution in [3.8, 4) is 0 Å². The number of nitrogens with one attached hydrogen (secondary N) is 2. The van der Waals surface area contributed by atoms with Crippen LogP contribution in [0.3, 0.4) is 0 Å². The van der Waals surface area contributed by atoms with Crippen LogP contribution in [-0.4, -0.2) is 27.5 Å². The molecule has 8 heteroatoms. The maximum atomic E-state index is 13.4. The van der Waals surface area contributed by atoms with E-state index in [4.69, 9.17) is 0 Å². The summed E-state index contributed by atoms with van der Waals surface area (Å²) in [5, 5.41) is 3.05. The smallest absolute Gasteiger partial charge is 0.243 e. The Morgan fingerprint density at radius 2 is 2.05 bits per heavy atom. The summed E-state index contributed by atoms with van der Waals surface area (Å²) in [4.78, 5) is -0.519. The van der Waals surface area contributed by atoms with Crippen molar-refractivity contribution >= 4 is 22.4 Å². The molecule has 0 aromatic heterocycles. The Bertz CT molecular complexity index is 533. The highest BCUT2D eigenvalue weighted by Gasteiger charge is 2.24. The summed E-state index contributed by atoms with van der Waals surface area (Å²) in [7, 11) is -3.94. The first kappa shape index (κ1) is 16.3. The first-order valence-electron chi connectivity index (χ1n) is 5.67. The van der Waals surface area contributed by atoms with Crippen molar-refractivity contribution in [2.24, 2.45) is 0 Å². The Morgan fingerprint density at radius 3 is 2.63 bits per heavy atom. The van der Waals surface area contributed by atoms with Crippen LogP contribution >= 0.6 is 12.4 Å². The zero-order chi connectivity index (χ0) is 13.2. The largest absolute Gasteiger partial charge is 0.315 e. The second-order valence-electron chi connectivity index (χ2n) is 4.24. The zero-order valence-corrected chi connectivity index (χ0v) is 11.7. The number of benzene rings is 1. The molecule has 0 aliphatic carbocycles. The number of hydrogen-bond acceptors (Lipinski definition) is 3. The summed E-state index contributed by atoms with van der Waals surface area (Å²) in [5.41, 5.74) is 0. The van der Waals surface area contributed by atoms with Crippen molar-refractivity contribution in [3.63, 3.8) is 0 Å². The Hall–Kier alpha value is -0.760. The molecule has 0 bridgehead atoms. The van der Waals surface area contributed by atoms with Gasteiger partial charge in [0.1, 0.15) is 16.5 Å². The van der Waals surface area contributed by atoms with Crippen LogP contribution < -0.4 is 10.0 Å². The van der Waals surface area contributed by atoms with Crippen molar-refractivity contribution < 1.29 is 17.2 Å². The molecule has 1 aromatic carbocycles. The minimum absolute atomic E-state index is 0. The van der Waals surface area contributed by atoms with Crippen LogP contribution in [0, 0.1) is 11.6 Å². The number of halogens is 3. The van der Waals surface area contributed by atoms with Crippen LogP contribution in [0.2, 0.25) is 0 Å². The first-order chi connectivity index (χ1) is 8.49. The van der Waals surface area contributed by atoms with Crippen LogP contribution in [0.1, 0.15) is 12.8 Å². The summed E-state index contributed by atoms with van der Waals surface area (Å²) in [6.07, 6.45) is 1.56. The van der Waals surface area contributed by atoms with E-state index in [1.54, 1.807) is 0 Å². The molecule has 1 heterocycles. The molecule has 1 atom stereocenters. The molecule has 1 fully saturated rings. The van der Waals surface area contributed by atoms with Crippen molar-refractivity contribution in [1.29, 1.82) is 0 Å². The molecule has 1 aromatic rings. The summed E-state index contributed by atoms with van der Waals surface area (Å²) in [5.74, 6) is -1.88. The molecule has 0 spiro atoms. The van der Waals surface area contributed by atoms with Gasteiger partial charge in [0.15, 0.2) is 0 Å². The van der Waals surface area contributed by atoms with Crippen LogP contribution in [0.5, 0.6) is 0 Å². The average Bonchev–Trinajstić information content (AvgIpc) is 2.29. The lowest BCUT2D eigenvalue weighted by Gasteiger charge is -2.23.